The summed E-state index contributed by atoms with van der Waals surface area (Å²) < 4.78 is 13.5. The van der Waals surface area contributed by atoms with E-state index in [1.807, 2.05) is 13.8 Å². The Kier molecular flexibility index (Phi) is 4.90. The van der Waals surface area contributed by atoms with Gasteiger partial charge in [0, 0.05) is 12.6 Å². The number of hydrogen-bond donors (Lipinski definition) is 2. The summed E-state index contributed by atoms with van der Waals surface area (Å²) in [6, 6.07) is 4.16. The van der Waals surface area contributed by atoms with Crippen molar-refractivity contribution in [1.82, 2.24) is 5.32 Å². The highest BCUT2D eigenvalue weighted by Gasteiger charge is 2.15. The van der Waals surface area contributed by atoms with Gasteiger partial charge in [-0.05, 0) is 18.1 Å². The van der Waals surface area contributed by atoms with Crippen molar-refractivity contribution in [3.05, 3.63) is 34.6 Å². The molecule has 0 aromatic heterocycles. The van der Waals surface area contributed by atoms with Crippen LogP contribution in [0.25, 0.3) is 0 Å². The predicted octanol–water partition coefficient (Wildman–Crippen LogP) is 2.19. The molecule has 1 aromatic rings. The maximum atomic E-state index is 13.5. The molecule has 0 fully saturated rings. The van der Waals surface area contributed by atoms with Crippen molar-refractivity contribution in [1.29, 1.82) is 0 Å². The number of amides is 1. The van der Waals surface area contributed by atoms with E-state index >= 15 is 0 Å². The van der Waals surface area contributed by atoms with E-state index in [0.29, 0.717) is 6.54 Å². The standard InChI is InChI=1S/C12H16ClFN2O/c1-7(2)10(15)6-16-12(17)8-4-3-5-9(13)11(8)14/h3-5,7,10H,6,15H2,1-2H3,(H,16,17). The predicted molar refractivity (Wildman–Crippen MR) is 66.6 cm³/mol. The van der Waals surface area contributed by atoms with Gasteiger partial charge in [-0.15, -0.1) is 0 Å². The topological polar surface area (TPSA) is 55.1 Å². The van der Waals surface area contributed by atoms with Gasteiger partial charge in [0.15, 0.2) is 5.82 Å². The smallest absolute Gasteiger partial charge is 0.254 e. The lowest BCUT2D eigenvalue weighted by atomic mass is 10.1. The third kappa shape index (κ3) is 3.68. The van der Waals surface area contributed by atoms with Crippen LogP contribution in [-0.2, 0) is 0 Å². The molecule has 0 saturated carbocycles. The Labute approximate surface area is 105 Å². The number of nitrogens with one attached hydrogen (secondary N) is 1. The largest absolute Gasteiger partial charge is 0.350 e. The second-order valence-corrected chi connectivity index (χ2v) is 4.63. The van der Waals surface area contributed by atoms with Gasteiger partial charge < -0.3 is 11.1 Å². The maximum Gasteiger partial charge on any atom is 0.254 e. The van der Waals surface area contributed by atoms with Gasteiger partial charge >= 0.3 is 0 Å². The zero-order valence-electron chi connectivity index (χ0n) is 9.84. The summed E-state index contributed by atoms with van der Waals surface area (Å²) in [5.41, 5.74) is 5.71. The lowest BCUT2D eigenvalue weighted by molar-refractivity contribution is 0.0945. The molecule has 5 heteroatoms. The molecule has 1 unspecified atom stereocenters. The van der Waals surface area contributed by atoms with Crippen LogP contribution >= 0.6 is 11.6 Å². The summed E-state index contributed by atoms with van der Waals surface area (Å²) in [5.74, 6) is -0.953. The summed E-state index contributed by atoms with van der Waals surface area (Å²) in [6.45, 7) is 4.22. The Bertz CT molecular complexity index is 409. The van der Waals surface area contributed by atoms with E-state index in [1.165, 1.54) is 18.2 Å². The van der Waals surface area contributed by atoms with Gasteiger partial charge in [-0.1, -0.05) is 31.5 Å². The SMILES string of the molecule is CC(C)C(N)CNC(=O)c1cccc(Cl)c1F. The van der Waals surface area contributed by atoms with E-state index in [1.54, 1.807) is 0 Å². The first-order valence-electron chi connectivity index (χ1n) is 5.41. The van der Waals surface area contributed by atoms with Crippen LogP contribution in [0, 0.1) is 11.7 Å². The number of nitrogens with two attached hydrogens (primary N) is 1. The van der Waals surface area contributed by atoms with E-state index in [-0.39, 0.29) is 22.5 Å². The molecule has 3 nitrogen and oxygen atoms in total. The van der Waals surface area contributed by atoms with Gasteiger partial charge in [-0.2, -0.15) is 0 Å². The molecule has 0 radical (unpaired) electrons. The number of hydrogen-bond acceptors (Lipinski definition) is 2. The van der Waals surface area contributed by atoms with E-state index < -0.39 is 11.7 Å². The lowest BCUT2D eigenvalue weighted by Gasteiger charge is -2.16. The molecule has 1 amide bonds. The fraction of sp³-hybridized carbons (Fsp3) is 0.417. The number of benzene rings is 1. The first kappa shape index (κ1) is 13.9. The summed E-state index contributed by atoms with van der Waals surface area (Å²) in [7, 11) is 0. The fourth-order valence-corrected chi connectivity index (χ4v) is 1.40. The molecule has 3 N–H and O–H groups in total. The van der Waals surface area contributed by atoms with Crippen molar-refractivity contribution in [2.75, 3.05) is 6.54 Å². The van der Waals surface area contributed by atoms with Crippen molar-refractivity contribution in [2.24, 2.45) is 11.7 Å². The zero-order valence-corrected chi connectivity index (χ0v) is 10.6. The highest BCUT2D eigenvalue weighted by atomic mass is 35.5. The highest BCUT2D eigenvalue weighted by Crippen LogP contribution is 2.17. The molecule has 0 aliphatic heterocycles. The molecule has 0 aliphatic rings. The third-order valence-corrected chi connectivity index (χ3v) is 2.84. The van der Waals surface area contributed by atoms with Crippen LogP contribution in [0.1, 0.15) is 24.2 Å². The number of carbonyl (C=O) groups excluding carboxylic acids is 1. The first-order valence-corrected chi connectivity index (χ1v) is 5.79. The second kappa shape index (κ2) is 5.98. The Morgan fingerprint density at radius 1 is 1.53 bits per heavy atom. The number of rotatable bonds is 4. The van der Waals surface area contributed by atoms with Crippen LogP contribution in [0.2, 0.25) is 5.02 Å². The molecule has 1 aromatic carbocycles. The van der Waals surface area contributed by atoms with Crippen molar-refractivity contribution < 1.29 is 9.18 Å². The minimum absolute atomic E-state index is 0.0616. The Morgan fingerprint density at radius 3 is 2.76 bits per heavy atom. The van der Waals surface area contributed by atoms with Gasteiger partial charge in [-0.25, -0.2) is 4.39 Å². The van der Waals surface area contributed by atoms with Gasteiger partial charge in [0.2, 0.25) is 0 Å². The third-order valence-electron chi connectivity index (χ3n) is 2.55. The number of carbonyl (C=O) groups is 1. The second-order valence-electron chi connectivity index (χ2n) is 4.22. The summed E-state index contributed by atoms with van der Waals surface area (Å²) in [5, 5.41) is 2.52. The molecule has 1 rings (SSSR count). The number of halogens is 2. The molecular formula is C12H16ClFN2O. The molecule has 1 atom stereocenters. The van der Waals surface area contributed by atoms with E-state index in [9.17, 15) is 9.18 Å². The molecule has 0 heterocycles. The molecule has 17 heavy (non-hydrogen) atoms. The molecular weight excluding hydrogens is 243 g/mol. The maximum absolute atomic E-state index is 13.5. The Morgan fingerprint density at radius 2 is 2.18 bits per heavy atom. The average Bonchev–Trinajstić information content (AvgIpc) is 2.29. The van der Waals surface area contributed by atoms with Crippen molar-refractivity contribution in [2.45, 2.75) is 19.9 Å². The van der Waals surface area contributed by atoms with Gasteiger partial charge in [0.05, 0.1) is 10.6 Å². The molecule has 0 bridgehead atoms. The van der Waals surface area contributed by atoms with E-state index in [4.69, 9.17) is 17.3 Å². The summed E-state index contributed by atoms with van der Waals surface area (Å²) in [4.78, 5) is 11.7. The van der Waals surface area contributed by atoms with E-state index in [0.717, 1.165) is 0 Å². The Hall–Kier alpha value is -1.13. The van der Waals surface area contributed by atoms with Gasteiger partial charge in [0.1, 0.15) is 0 Å². The normalized spacial score (nSPS) is 12.6. The van der Waals surface area contributed by atoms with Crippen molar-refractivity contribution >= 4 is 17.5 Å². The lowest BCUT2D eigenvalue weighted by Crippen LogP contribution is -2.40. The van der Waals surface area contributed by atoms with Crippen LogP contribution < -0.4 is 11.1 Å². The zero-order chi connectivity index (χ0) is 13.0. The minimum Gasteiger partial charge on any atom is -0.350 e. The molecule has 0 aliphatic carbocycles. The minimum atomic E-state index is -0.704. The van der Waals surface area contributed by atoms with Crippen molar-refractivity contribution in [3.63, 3.8) is 0 Å². The van der Waals surface area contributed by atoms with Crippen LogP contribution in [0.5, 0.6) is 0 Å². The first-order chi connectivity index (χ1) is 7.93. The van der Waals surface area contributed by atoms with Crippen LogP contribution in [0.3, 0.4) is 0 Å². The van der Waals surface area contributed by atoms with Gasteiger partial charge in [0.25, 0.3) is 5.91 Å². The van der Waals surface area contributed by atoms with Crippen LogP contribution in [0.4, 0.5) is 4.39 Å². The average molecular weight is 259 g/mol. The van der Waals surface area contributed by atoms with Crippen LogP contribution in [-0.4, -0.2) is 18.5 Å². The van der Waals surface area contributed by atoms with Crippen molar-refractivity contribution in [3.8, 4) is 0 Å². The van der Waals surface area contributed by atoms with Crippen LogP contribution in [0.15, 0.2) is 18.2 Å². The molecule has 0 saturated heterocycles. The highest BCUT2D eigenvalue weighted by molar-refractivity contribution is 6.31. The fourth-order valence-electron chi connectivity index (χ4n) is 1.22. The molecule has 94 valence electrons. The quantitative estimate of drug-likeness (QED) is 0.870. The van der Waals surface area contributed by atoms with E-state index in [2.05, 4.69) is 5.32 Å². The Balaban J connectivity index is 2.68. The summed E-state index contributed by atoms with van der Waals surface area (Å²) in [6.07, 6.45) is 0. The summed E-state index contributed by atoms with van der Waals surface area (Å²) >= 11 is 5.59. The molecule has 0 spiro atoms. The monoisotopic (exact) mass is 258 g/mol. The van der Waals surface area contributed by atoms with Gasteiger partial charge in [-0.3, -0.25) is 4.79 Å².